The zero-order chi connectivity index (χ0) is 18.5. The molecule has 0 saturated heterocycles. The van der Waals surface area contributed by atoms with Crippen LogP contribution in [0.2, 0.25) is 0 Å². The van der Waals surface area contributed by atoms with Gasteiger partial charge in [-0.15, -0.1) is 0 Å². The average Bonchev–Trinajstić information content (AvgIpc) is 3.23. The van der Waals surface area contributed by atoms with Gasteiger partial charge in [0.25, 0.3) is 5.91 Å². The predicted octanol–water partition coefficient (Wildman–Crippen LogP) is 0.908. The third-order valence-electron chi connectivity index (χ3n) is 5.15. The van der Waals surface area contributed by atoms with Gasteiger partial charge in [-0.3, -0.25) is 0 Å². The van der Waals surface area contributed by atoms with Gasteiger partial charge in [0.15, 0.2) is 5.41 Å². The molecule has 1 heterocycles. The van der Waals surface area contributed by atoms with Crippen molar-refractivity contribution in [2.45, 2.75) is 11.8 Å². The van der Waals surface area contributed by atoms with Crippen LogP contribution in [-0.2, 0) is 14.2 Å². The monoisotopic (exact) mass is 340 g/mol. The summed E-state index contributed by atoms with van der Waals surface area (Å²) in [4.78, 5) is 15.7. The Morgan fingerprint density at radius 3 is 2.20 bits per heavy atom. The highest BCUT2D eigenvalue weighted by molar-refractivity contribution is 6.00. The van der Waals surface area contributed by atoms with Crippen LogP contribution in [0.4, 0.5) is 0 Å². The minimum Gasteiger partial charge on any atom is -0.465 e. The standard InChI is InChI=1S/C17H16N4O4/c1-23-13(22)11-6-4-10(5-7-11)12-15(8-18)14(20)21-17(24-2,25-3)16(12,15)9-19/h4-7,12H,1-3H3,(H2,20,21). The number of hydrogen-bond acceptors (Lipinski definition) is 8. The van der Waals surface area contributed by atoms with Crippen LogP contribution in [0.5, 0.6) is 0 Å². The maximum absolute atomic E-state index is 11.6. The first-order chi connectivity index (χ1) is 11.9. The number of carbonyl (C=O) groups excluding carboxylic acids is 1. The molecular weight excluding hydrogens is 324 g/mol. The van der Waals surface area contributed by atoms with E-state index in [1.165, 1.54) is 21.3 Å². The first-order valence-corrected chi connectivity index (χ1v) is 7.41. The van der Waals surface area contributed by atoms with Gasteiger partial charge in [-0.25, -0.2) is 9.79 Å². The molecule has 0 spiro atoms. The summed E-state index contributed by atoms with van der Waals surface area (Å²) in [7, 11) is 3.99. The number of esters is 1. The fourth-order valence-corrected chi connectivity index (χ4v) is 3.95. The lowest BCUT2D eigenvalue weighted by atomic mass is 9.93. The van der Waals surface area contributed by atoms with Crippen molar-refractivity contribution >= 4 is 11.8 Å². The Labute approximate surface area is 144 Å². The summed E-state index contributed by atoms with van der Waals surface area (Å²) in [5.74, 6) is -2.73. The van der Waals surface area contributed by atoms with Crippen molar-refractivity contribution in [2.24, 2.45) is 21.6 Å². The third-order valence-corrected chi connectivity index (χ3v) is 5.15. The molecule has 0 amide bonds. The van der Waals surface area contributed by atoms with Crippen LogP contribution in [0, 0.1) is 33.5 Å². The number of ether oxygens (including phenoxy) is 3. The van der Waals surface area contributed by atoms with Crippen LogP contribution >= 0.6 is 0 Å². The van der Waals surface area contributed by atoms with E-state index in [4.69, 9.17) is 15.2 Å². The van der Waals surface area contributed by atoms with Gasteiger partial charge in [0, 0.05) is 20.1 Å². The summed E-state index contributed by atoms with van der Waals surface area (Å²) in [6, 6.07) is 10.8. The van der Waals surface area contributed by atoms with E-state index in [1.54, 1.807) is 24.3 Å². The van der Waals surface area contributed by atoms with Crippen molar-refractivity contribution in [1.82, 2.24) is 0 Å². The summed E-state index contributed by atoms with van der Waals surface area (Å²) in [5.41, 5.74) is 4.29. The Kier molecular flexibility index (Phi) is 3.57. The fraction of sp³-hybridized carbons (Fsp3) is 0.412. The number of nitrogens with two attached hydrogens (primary N) is 1. The quantitative estimate of drug-likeness (QED) is 0.636. The number of methoxy groups -OCH3 is 3. The van der Waals surface area contributed by atoms with Gasteiger partial charge in [0.1, 0.15) is 11.3 Å². The Morgan fingerprint density at radius 1 is 1.16 bits per heavy atom. The summed E-state index contributed by atoms with van der Waals surface area (Å²) >= 11 is 0. The van der Waals surface area contributed by atoms with Gasteiger partial charge in [0.2, 0.25) is 0 Å². The fourth-order valence-electron chi connectivity index (χ4n) is 3.95. The van der Waals surface area contributed by atoms with Gasteiger partial charge < -0.3 is 19.9 Å². The molecule has 1 aliphatic carbocycles. The van der Waals surface area contributed by atoms with Crippen LogP contribution in [-0.4, -0.2) is 39.0 Å². The van der Waals surface area contributed by atoms with Crippen LogP contribution in [0.15, 0.2) is 29.3 Å². The Hall–Kier alpha value is -2.94. The molecule has 2 aliphatic rings. The molecule has 2 N–H and O–H groups in total. The number of nitriles is 2. The van der Waals surface area contributed by atoms with E-state index >= 15 is 0 Å². The van der Waals surface area contributed by atoms with Gasteiger partial charge >= 0.3 is 5.97 Å². The van der Waals surface area contributed by atoms with Gasteiger partial charge in [-0.2, -0.15) is 10.5 Å². The molecule has 1 fully saturated rings. The molecule has 8 heteroatoms. The largest absolute Gasteiger partial charge is 0.465 e. The maximum atomic E-state index is 11.6. The normalized spacial score (nSPS) is 31.2. The van der Waals surface area contributed by atoms with E-state index in [0.29, 0.717) is 11.1 Å². The van der Waals surface area contributed by atoms with Crippen molar-refractivity contribution in [3.8, 4) is 12.1 Å². The summed E-state index contributed by atoms with van der Waals surface area (Å²) in [5, 5.41) is 19.7. The molecule has 1 saturated carbocycles. The Bertz CT molecular complexity index is 847. The number of amidine groups is 1. The minimum atomic E-state index is -1.66. The zero-order valence-corrected chi connectivity index (χ0v) is 13.9. The molecule has 3 atom stereocenters. The average molecular weight is 340 g/mol. The predicted molar refractivity (Wildman–Crippen MR) is 85.0 cm³/mol. The van der Waals surface area contributed by atoms with E-state index in [9.17, 15) is 15.3 Å². The van der Waals surface area contributed by atoms with Crippen LogP contribution in [0.3, 0.4) is 0 Å². The second-order valence-electron chi connectivity index (χ2n) is 5.87. The first-order valence-electron chi connectivity index (χ1n) is 7.41. The molecule has 1 aromatic carbocycles. The number of fused-ring (bicyclic) bond motifs is 1. The lowest BCUT2D eigenvalue weighted by Gasteiger charge is -2.29. The molecule has 8 nitrogen and oxygen atoms in total. The number of nitrogens with zero attached hydrogens (tertiary/aromatic N) is 3. The van der Waals surface area contributed by atoms with Crippen molar-refractivity contribution in [3.05, 3.63) is 35.4 Å². The lowest BCUT2D eigenvalue weighted by molar-refractivity contribution is -0.230. The highest BCUT2D eigenvalue weighted by Crippen LogP contribution is 2.81. The summed E-state index contributed by atoms with van der Waals surface area (Å²) < 4.78 is 15.4. The topological polar surface area (TPSA) is 131 Å². The van der Waals surface area contributed by atoms with Crippen molar-refractivity contribution < 1.29 is 19.0 Å². The number of rotatable bonds is 4. The molecule has 3 unspecified atom stereocenters. The highest BCUT2D eigenvalue weighted by Gasteiger charge is 2.93. The van der Waals surface area contributed by atoms with E-state index in [-0.39, 0.29) is 5.84 Å². The van der Waals surface area contributed by atoms with E-state index in [1.807, 2.05) is 0 Å². The zero-order valence-electron chi connectivity index (χ0n) is 13.9. The molecular formula is C17H16N4O4. The second kappa shape index (κ2) is 5.28. The summed E-state index contributed by atoms with van der Waals surface area (Å²) in [6.45, 7) is 0. The van der Waals surface area contributed by atoms with Crippen molar-refractivity contribution in [3.63, 3.8) is 0 Å². The number of aliphatic imine (C=N–C) groups is 1. The molecule has 1 aliphatic heterocycles. The van der Waals surface area contributed by atoms with Gasteiger partial charge in [-0.05, 0) is 17.7 Å². The van der Waals surface area contributed by atoms with E-state index in [0.717, 1.165) is 0 Å². The van der Waals surface area contributed by atoms with Crippen LogP contribution in [0.25, 0.3) is 0 Å². The highest BCUT2D eigenvalue weighted by atomic mass is 16.7. The third kappa shape index (κ3) is 1.65. The molecule has 128 valence electrons. The molecule has 1 aromatic rings. The van der Waals surface area contributed by atoms with Crippen LogP contribution < -0.4 is 5.73 Å². The van der Waals surface area contributed by atoms with E-state index < -0.39 is 28.6 Å². The molecule has 3 rings (SSSR count). The van der Waals surface area contributed by atoms with E-state index in [2.05, 4.69) is 21.9 Å². The van der Waals surface area contributed by atoms with Crippen LogP contribution in [0.1, 0.15) is 21.8 Å². The molecule has 0 bridgehead atoms. The number of carbonyl (C=O) groups is 1. The Morgan fingerprint density at radius 2 is 1.76 bits per heavy atom. The number of benzene rings is 1. The molecule has 0 radical (unpaired) electrons. The SMILES string of the molecule is COC(=O)c1ccc(C2C3(C#N)C(N)=NC(OC)(OC)C23C#N)cc1. The number of hydrogen-bond donors (Lipinski definition) is 1. The van der Waals surface area contributed by atoms with Crippen molar-refractivity contribution in [1.29, 1.82) is 10.5 Å². The Balaban J connectivity index is 2.13. The molecule has 0 aromatic heterocycles. The smallest absolute Gasteiger partial charge is 0.337 e. The second-order valence-corrected chi connectivity index (χ2v) is 5.87. The maximum Gasteiger partial charge on any atom is 0.337 e. The summed E-state index contributed by atoms with van der Waals surface area (Å²) in [6.07, 6.45) is 0. The molecule has 25 heavy (non-hydrogen) atoms. The lowest BCUT2D eigenvalue weighted by Crippen LogP contribution is -2.41. The van der Waals surface area contributed by atoms with Crippen molar-refractivity contribution in [2.75, 3.05) is 21.3 Å². The minimum absolute atomic E-state index is 0.00212. The first kappa shape index (κ1) is 16.9. The van der Waals surface area contributed by atoms with Gasteiger partial charge in [0.05, 0.1) is 24.8 Å². The van der Waals surface area contributed by atoms with Gasteiger partial charge in [-0.1, -0.05) is 12.1 Å².